The lowest BCUT2D eigenvalue weighted by Crippen LogP contribution is -1.98. The highest BCUT2D eigenvalue weighted by Crippen LogP contribution is 2.39. The van der Waals surface area contributed by atoms with E-state index in [-0.39, 0.29) is 0 Å². The molecule has 0 N–H and O–H groups in total. The summed E-state index contributed by atoms with van der Waals surface area (Å²) in [6, 6.07) is 40.2. The van der Waals surface area contributed by atoms with E-state index in [1.165, 1.54) is 16.2 Å². The Morgan fingerprint density at radius 3 is 2.34 bits per heavy atom. The fourth-order valence-electron chi connectivity index (χ4n) is 6.38. The molecule has 0 spiro atoms. The summed E-state index contributed by atoms with van der Waals surface area (Å²) >= 11 is 0. The molecule has 8 aromatic rings. The Balaban J connectivity index is 1.34. The van der Waals surface area contributed by atoms with Gasteiger partial charge in [-0.05, 0) is 69.4 Å². The average Bonchev–Trinajstić information content (AvgIpc) is 3.47. The summed E-state index contributed by atoms with van der Waals surface area (Å²) < 4.78 is 6.18. The number of benzene rings is 6. The van der Waals surface area contributed by atoms with Gasteiger partial charge in [-0.1, -0.05) is 122 Å². The van der Waals surface area contributed by atoms with Crippen molar-refractivity contribution < 1.29 is 4.42 Å². The van der Waals surface area contributed by atoms with Crippen LogP contribution in [0.2, 0.25) is 0 Å². The van der Waals surface area contributed by atoms with Crippen molar-refractivity contribution in [1.82, 2.24) is 9.97 Å². The van der Waals surface area contributed by atoms with Gasteiger partial charge in [0.25, 0.3) is 0 Å². The Morgan fingerprint density at radius 1 is 0.659 bits per heavy atom. The molecule has 0 bridgehead atoms. The van der Waals surface area contributed by atoms with Crippen LogP contribution < -0.4 is 0 Å². The van der Waals surface area contributed by atoms with Crippen molar-refractivity contribution in [2.75, 3.05) is 0 Å². The van der Waals surface area contributed by atoms with Crippen molar-refractivity contribution in [3.63, 3.8) is 0 Å². The Morgan fingerprint density at radius 2 is 1.45 bits per heavy atom. The van der Waals surface area contributed by atoms with Crippen LogP contribution in [0.5, 0.6) is 0 Å². The van der Waals surface area contributed by atoms with Crippen molar-refractivity contribution >= 4 is 60.0 Å². The van der Waals surface area contributed by atoms with Gasteiger partial charge in [-0.3, -0.25) is 0 Å². The van der Waals surface area contributed by atoms with E-state index in [4.69, 9.17) is 14.4 Å². The summed E-state index contributed by atoms with van der Waals surface area (Å²) in [6.07, 6.45) is 7.91. The van der Waals surface area contributed by atoms with E-state index in [2.05, 4.69) is 122 Å². The van der Waals surface area contributed by atoms with Crippen LogP contribution in [0.4, 0.5) is 0 Å². The average molecular weight is 565 g/mol. The quantitative estimate of drug-likeness (QED) is 0.154. The van der Waals surface area contributed by atoms with E-state index in [1.54, 1.807) is 6.08 Å². The van der Waals surface area contributed by atoms with Crippen LogP contribution in [-0.2, 0) is 0 Å². The third-order valence-electron chi connectivity index (χ3n) is 8.42. The van der Waals surface area contributed by atoms with Gasteiger partial charge in [-0.2, -0.15) is 0 Å². The van der Waals surface area contributed by atoms with Crippen LogP contribution in [0, 0.1) is 0 Å². The van der Waals surface area contributed by atoms with E-state index in [1.807, 2.05) is 25.1 Å². The summed E-state index contributed by atoms with van der Waals surface area (Å²) in [7, 11) is 0. The molecular formula is C41H28N2O. The van der Waals surface area contributed by atoms with Crippen LogP contribution in [0.1, 0.15) is 12.6 Å². The minimum Gasteiger partial charge on any atom is -0.456 e. The van der Waals surface area contributed by atoms with Crippen LogP contribution in [0.25, 0.3) is 82.5 Å². The molecule has 44 heavy (non-hydrogen) atoms. The van der Waals surface area contributed by atoms with E-state index >= 15 is 0 Å². The molecule has 2 heterocycles. The number of allylic oxidation sites excluding steroid dienone is 5. The first-order chi connectivity index (χ1) is 21.7. The molecular weight excluding hydrogens is 536 g/mol. The predicted octanol–water partition coefficient (Wildman–Crippen LogP) is 11.3. The molecule has 0 radical (unpaired) electrons. The number of para-hydroxylation sites is 1. The van der Waals surface area contributed by atoms with Crippen LogP contribution >= 0.6 is 0 Å². The summed E-state index contributed by atoms with van der Waals surface area (Å²) in [6.45, 7) is 5.92. The van der Waals surface area contributed by atoms with Gasteiger partial charge in [0.15, 0.2) is 5.82 Å². The molecule has 2 aromatic heterocycles. The molecule has 0 saturated heterocycles. The fourth-order valence-corrected chi connectivity index (χ4v) is 6.38. The lowest BCUT2D eigenvalue weighted by molar-refractivity contribution is 0.669. The minimum absolute atomic E-state index is 0.694. The number of aromatic nitrogens is 2. The van der Waals surface area contributed by atoms with E-state index in [0.29, 0.717) is 5.82 Å². The second-order valence-corrected chi connectivity index (χ2v) is 10.9. The van der Waals surface area contributed by atoms with Gasteiger partial charge in [0.05, 0.1) is 11.2 Å². The number of fused-ring (bicyclic) bond motifs is 8. The van der Waals surface area contributed by atoms with Crippen LogP contribution in [0.3, 0.4) is 0 Å². The zero-order chi connectivity index (χ0) is 29.6. The highest BCUT2D eigenvalue weighted by Gasteiger charge is 2.16. The molecule has 208 valence electrons. The minimum atomic E-state index is 0.694. The Hall–Kier alpha value is -5.80. The number of nitrogens with zero attached hydrogens (tertiary/aromatic N) is 2. The lowest BCUT2D eigenvalue weighted by Gasteiger charge is -2.13. The van der Waals surface area contributed by atoms with E-state index in [0.717, 1.165) is 66.2 Å². The van der Waals surface area contributed by atoms with Gasteiger partial charge >= 0.3 is 0 Å². The van der Waals surface area contributed by atoms with Crippen LogP contribution in [-0.4, -0.2) is 9.97 Å². The molecule has 3 heteroatoms. The fraction of sp³-hybridized carbons (Fsp3) is 0.0244. The van der Waals surface area contributed by atoms with Crippen LogP contribution in [0.15, 0.2) is 151 Å². The zero-order valence-electron chi connectivity index (χ0n) is 24.3. The third-order valence-corrected chi connectivity index (χ3v) is 8.42. The first-order valence-electron chi connectivity index (χ1n) is 14.8. The highest BCUT2D eigenvalue weighted by molar-refractivity contribution is 6.21. The van der Waals surface area contributed by atoms with Gasteiger partial charge in [-0.15, -0.1) is 0 Å². The van der Waals surface area contributed by atoms with Crippen molar-refractivity contribution in [3.8, 4) is 22.5 Å². The Kier molecular flexibility index (Phi) is 6.16. The smallest absolute Gasteiger partial charge is 0.160 e. The molecule has 0 aliphatic heterocycles. The number of hydrogen-bond donors (Lipinski definition) is 0. The molecule has 0 aliphatic carbocycles. The van der Waals surface area contributed by atoms with Crippen molar-refractivity contribution in [2.24, 2.45) is 0 Å². The molecule has 0 amide bonds. The molecule has 3 nitrogen and oxygen atoms in total. The van der Waals surface area contributed by atoms with Gasteiger partial charge in [0.2, 0.25) is 0 Å². The molecule has 0 unspecified atom stereocenters. The maximum atomic E-state index is 6.18. The summed E-state index contributed by atoms with van der Waals surface area (Å²) in [5.41, 5.74) is 7.90. The molecule has 0 fully saturated rings. The Bertz CT molecular complexity index is 2480. The lowest BCUT2D eigenvalue weighted by atomic mass is 9.94. The number of hydrogen-bond acceptors (Lipinski definition) is 3. The van der Waals surface area contributed by atoms with E-state index in [9.17, 15) is 0 Å². The molecule has 0 saturated carbocycles. The second-order valence-electron chi connectivity index (χ2n) is 10.9. The van der Waals surface area contributed by atoms with Gasteiger partial charge in [0.1, 0.15) is 11.2 Å². The van der Waals surface area contributed by atoms with Gasteiger partial charge in [-0.25, -0.2) is 9.97 Å². The molecule has 0 atom stereocenters. The molecule has 8 rings (SSSR count). The SMILES string of the molecule is C=C/C=C\C(=C/C)c1nc(-c2cccc(-c3cccc4c3ccc3oc5ccccc5c34)c2)nc2ccc3ccccc3c12. The second kappa shape index (κ2) is 10.5. The maximum absolute atomic E-state index is 6.18. The monoisotopic (exact) mass is 564 g/mol. The largest absolute Gasteiger partial charge is 0.456 e. The van der Waals surface area contributed by atoms with Gasteiger partial charge in [0, 0.05) is 21.7 Å². The van der Waals surface area contributed by atoms with Gasteiger partial charge < -0.3 is 4.42 Å². The van der Waals surface area contributed by atoms with E-state index < -0.39 is 0 Å². The van der Waals surface area contributed by atoms with Crippen molar-refractivity contribution in [2.45, 2.75) is 6.92 Å². The zero-order valence-corrected chi connectivity index (χ0v) is 24.3. The maximum Gasteiger partial charge on any atom is 0.160 e. The normalized spacial score (nSPS) is 12.3. The number of furan rings is 1. The first kappa shape index (κ1) is 25.9. The summed E-state index contributed by atoms with van der Waals surface area (Å²) in [5, 5.41) is 8.00. The standard InChI is InChI=1S/C41H28N2O/c1-3-5-12-26(4-2)40-39-31-16-7-6-13-27(31)21-23-35(39)42-41(43-40)29-15-10-14-28(25-29)30-18-11-19-33-32(30)22-24-37-38(33)34-17-8-9-20-36(34)44-37/h3-25H,1H2,2H3/b12-5-,26-4+. The molecule has 6 aromatic carbocycles. The van der Waals surface area contributed by atoms with Crippen molar-refractivity contribution in [3.05, 3.63) is 152 Å². The third kappa shape index (κ3) is 4.13. The molecule has 0 aliphatic rings. The van der Waals surface area contributed by atoms with Crippen molar-refractivity contribution in [1.29, 1.82) is 0 Å². The summed E-state index contributed by atoms with van der Waals surface area (Å²) in [4.78, 5) is 10.4. The Labute approximate surface area is 255 Å². The first-order valence-corrected chi connectivity index (χ1v) is 14.8. The topological polar surface area (TPSA) is 38.9 Å². The highest BCUT2D eigenvalue weighted by atomic mass is 16.3. The summed E-state index contributed by atoms with van der Waals surface area (Å²) in [5.74, 6) is 0.694. The number of rotatable bonds is 5. The predicted molar refractivity (Wildman–Crippen MR) is 186 cm³/mol.